The second-order valence-corrected chi connectivity index (χ2v) is 5.01. The average molecular weight is 196 g/mol. The highest BCUT2D eigenvalue weighted by atomic mass is 15.2. The van der Waals surface area contributed by atoms with Crippen LogP contribution in [0.1, 0.15) is 39.5 Å². The Labute approximate surface area is 88.1 Å². The van der Waals surface area contributed by atoms with E-state index < -0.39 is 0 Å². The quantitative estimate of drug-likeness (QED) is 0.738. The summed E-state index contributed by atoms with van der Waals surface area (Å²) in [4.78, 5) is 2.70. The highest BCUT2D eigenvalue weighted by Crippen LogP contribution is 2.35. The molecular weight excluding hydrogens is 172 g/mol. The van der Waals surface area contributed by atoms with Gasteiger partial charge in [-0.3, -0.25) is 4.90 Å². The van der Waals surface area contributed by atoms with Gasteiger partial charge in [0.1, 0.15) is 0 Å². The predicted octanol–water partition coefficient (Wildman–Crippen LogP) is 1.86. The van der Waals surface area contributed by atoms with Crippen LogP contribution in [0.4, 0.5) is 0 Å². The maximum absolute atomic E-state index is 3.62. The van der Waals surface area contributed by atoms with Gasteiger partial charge in [0.15, 0.2) is 0 Å². The molecule has 2 unspecified atom stereocenters. The van der Waals surface area contributed by atoms with Crippen molar-refractivity contribution in [2.45, 2.75) is 51.6 Å². The fourth-order valence-electron chi connectivity index (χ4n) is 2.64. The second kappa shape index (κ2) is 4.63. The lowest BCUT2D eigenvalue weighted by molar-refractivity contribution is 0.135. The summed E-state index contributed by atoms with van der Waals surface area (Å²) in [5, 5.41) is 3.62. The lowest BCUT2D eigenvalue weighted by Crippen LogP contribution is -2.53. The zero-order chi connectivity index (χ0) is 9.97. The Hall–Kier alpha value is -0.0800. The Balaban J connectivity index is 1.80. The first kappa shape index (κ1) is 10.4. The lowest BCUT2D eigenvalue weighted by atomic mass is 10.1. The normalized spacial score (nSPS) is 31.7. The molecule has 2 rings (SSSR count). The Morgan fingerprint density at radius 2 is 2.21 bits per heavy atom. The van der Waals surface area contributed by atoms with E-state index in [1.54, 1.807) is 0 Å². The SMILES string of the molecule is CCCC1CN(C(C)C2CC2)CCN1. The van der Waals surface area contributed by atoms with Gasteiger partial charge in [-0.05, 0) is 32.1 Å². The number of piperazine rings is 1. The minimum atomic E-state index is 0.759. The summed E-state index contributed by atoms with van der Waals surface area (Å²) in [6.07, 6.45) is 5.60. The van der Waals surface area contributed by atoms with Gasteiger partial charge in [0.2, 0.25) is 0 Å². The van der Waals surface area contributed by atoms with E-state index in [0.29, 0.717) is 0 Å². The second-order valence-electron chi connectivity index (χ2n) is 5.01. The number of rotatable bonds is 4. The van der Waals surface area contributed by atoms with Crippen molar-refractivity contribution in [2.75, 3.05) is 19.6 Å². The molecule has 1 aliphatic heterocycles. The molecule has 0 aromatic rings. The van der Waals surface area contributed by atoms with Gasteiger partial charge >= 0.3 is 0 Å². The van der Waals surface area contributed by atoms with E-state index in [-0.39, 0.29) is 0 Å². The topological polar surface area (TPSA) is 15.3 Å². The van der Waals surface area contributed by atoms with Crippen LogP contribution in [0, 0.1) is 5.92 Å². The van der Waals surface area contributed by atoms with Gasteiger partial charge in [-0.1, -0.05) is 13.3 Å². The molecule has 14 heavy (non-hydrogen) atoms. The molecular formula is C12H24N2. The molecule has 2 atom stereocenters. The minimum absolute atomic E-state index is 0.759. The van der Waals surface area contributed by atoms with E-state index in [1.807, 2.05) is 0 Å². The summed E-state index contributed by atoms with van der Waals surface area (Å²) < 4.78 is 0. The first-order chi connectivity index (χ1) is 6.81. The maximum atomic E-state index is 3.62. The molecule has 0 spiro atoms. The van der Waals surface area contributed by atoms with Crippen molar-refractivity contribution in [3.8, 4) is 0 Å². The van der Waals surface area contributed by atoms with Gasteiger partial charge < -0.3 is 5.32 Å². The van der Waals surface area contributed by atoms with Crippen LogP contribution in [0.2, 0.25) is 0 Å². The van der Waals surface area contributed by atoms with Crippen molar-refractivity contribution in [1.29, 1.82) is 0 Å². The average Bonchev–Trinajstić information content (AvgIpc) is 3.01. The van der Waals surface area contributed by atoms with E-state index in [1.165, 1.54) is 45.3 Å². The Kier molecular flexibility index (Phi) is 3.45. The third kappa shape index (κ3) is 2.48. The summed E-state index contributed by atoms with van der Waals surface area (Å²) in [7, 11) is 0. The largest absolute Gasteiger partial charge is 0.311 e. The number of hydrogen-bond donors (Lipinski definition) is 1. The van der Waals surface area contributed by atoms with Crippen LogP contribution in [-0.4, -0.2) is 36.6 Å². The molecule has 0 aromatic carbocycles. The summed E-state index contributed by atoms with van der Waals surface area (Å²) >= 11 is 0. The zero-order valence-electron chi connectivity index (χ0n) is 9.63. The first-order valence-electron chi connectivity index (χ1n) is 6.28. The van der Waals surface area contributed by atoms with Crippen molar-refractivity contribution >= 4 is 0 Å². The van der Waals surface area contributed by atoms with Crippen molar-refractivity contribution in [2.24, 2.45) is 5.92 Å². The third-order valence-corrected chi connectivity index (χ3v) is 3.80. The summed E-state index contributed by atoms with van der Waals surface area (Å²) in [6, 6.07) is 1.60. The number of nitrogens with one attached hydrogen (secondary N) is 1. The highest BCUT2D eigenvalue weighted by Gasteiger charge is 2.33. The smallest absolute Gasteiger partial charge is 0.0195 e. The Bertz CT molecular complexity index is 175. The molecule has 1 heterocycles. The van der Waals surface area contributed by atoms with Crippen LogP contribution >= 0.6 is 0 Å². The molecule has 1 saturated heterocycles. The molecule has 82 valence electrons. The lowest BCUT2D eigenvalue weighted by Gasteiger charge is -2.37. The van der Waals surface area contributed by atoms with Gasteiger partial charge in [-0.2, -0.15) is 0 Å². The van der Waals surface area contributed by atoms with Gasteiger partial charge in [0.05, 0.1) is 0 Å². The maximum Gasteiger partial charge on any atom is 0.0195 e. The van der Waals surface area contributed by atoms with Crippen LogP contribution in [0.5, 0.6) is 0 Å². The summed E-state index contributed by atoms with van der Waals surface area (Å²) in [6.45, 7) is 8.45. The fraction of sp³-hybridized carbons (Fsp3) is 1.00. The fourth-order valence-corrected chi connectivity index (χ4v) is 2.64. The minimum Gasteiger partial charge on any atom is -0.311 e. The number of nitrogens with zero attached hydrogens (tertiary/aromatic N) is 1. The standard InChI is InChI=1S/C12H24N2/c1-3-4-12-9-14(8-7-13-12)10(2)11-5-6-11/h10-13H,3-9H2,1-2H3. The van der Waals surface area contributed by atoms with Crippen LogP contribution in [-0.2, 0) is 0 Å². The van der Waals surface area contributed by atoms with Crippen LogP contribution in [0.15, 0.2) is 0 Å². The van der Waals surface area contributed by atoms with Gasteiger partial charge in [-0.25, -0.2) is 0 Å². The zero-order valence-corrected chi connectivity index (χ0v) is 9.63. The molecule has 2 nitrogen and oxygen atoms in total. The molecule has 0 radical (unpaired) electrons. The monoisotopic (exact) mass is 196 g/mol. The summed E-state index contributed by atoms with van der Waals surface area (Å²) in [5.41, 5.74) is 0. The van der Waals surface area contributed by atoms with Crippen molar-refractivity contribution in [3.63, 3.8) is 0 Å². The van der Waals surface area contributed by atoms with Crippen molar-refractivity contribution in [1.82, 2.24) is 10.2 Å². The number of hydrogen-bond acceptors (Lipinski definition) is 2. The molecule has 0 bridgehead atoms. The third-order valence-electron chi connectivity index (χ3n) is 3.80. The van der Waals surface area contributed by atoms with E-state index in [4.69, 9.17) is 0 Å². The van der Waals surface area contributed by atoms with Gasteiger partial charge in [0.25, 0.3) is 0 Å². The van der Waals surface area contributed by atoms with Crippen LogP contribution in [0.25, 0.3) is 0 Å². The van der Waals surface area contributed by atoms with Crippen LogP contribution in [0.3, 0.4) is 0 Å². The van der Waals surface area contributed by atoms with Crippen molar-refractivity contribution < 1.29 is 0 Å². The molecule has 1 N–H and O–H groups in total. The molecule has 2 heteroatoms. The van der Waals surface area contributed by atoms with E-state index in [2.05, 4.69) is 24.1 Å². The molecule has 1 aliphatic carbocycles. The van der Waals surface area contributed by atoms with Gasteiger partial charge in [0, 0.05) is 31.7 Å². The molecule has 0 aromatic heterocycles. The van der Waals surface area contributed by atoms with E-state index >= 15 is 0 Å². The van der Waals surface area contributed by atoms with Gasteiger partial charge in [-0.15, -0.1) is 0 Å². The predicted molar refractivity (Wildman–Crippen MR) is 60.5 cm³/mol. The molecule has 0 amide bonds. The van der Waals surface area contributed by atoms with E-state index in [0.717, 1.165) is 18.0 Å². The summed E-state index contributed by atoms with van der Waals surface area (Å²) in [5.74, 6) is 1.02. The molecule has 1 saturated carbocycles. The highest BCUT2D eigenvalue weighted by molar-refractivity contribution is 4.89. The van der Waals surface area contributed by atoms with Crippen LogP contribution < -0.4 is 5.32 Å². The first-order valence-corrected chi connectivity index (χ1v) is 6.28. The van der Waals surface area contributed by atoms with Crippen molar-refractivity contribution in [3.05, 3.63) is 0 Å². The van der Waals surface area contributed by atoms with E-state index in [9.17, 15) is 0 Å². The Morgan fingerprint density at radius 1 is 1.43 bits per heavy atom. The molecule has 2 fully saturated rings. The Morgan fingerprint density at radius 3 is 2.86 bits per heavy atom. The molecule has 2 aliphatic rings.